The minimum absolute atomic E-state index is 0.125. The highest BCUT2D eigenvalue weighted by Crippen LogP contribution is 2.49. The predicted octanol–water partition coefficient (Wildman–Crippen LogP) is 4.50. The molecule has 2 unspecified atom stereocenters. The van der Waals surface area contributed by atoms with Crippen LogP contribution in [0.4, 0.5) is 13.2 Å². The highest BCUT2D eigenvalue weighted by molar-refractivity contribution is 6.30. The van der Waals surface area contributed by atoms with Gasteiger partial charge in [0.15, 0.2) is 0 Å². The van der Waals surface area contributed by atoms with Crippen molar-refractivity contribution in [3.05, 3.63) is 64.2 Å². The molecule has 0 fully saturated rings. The molecule has 27 heavy (non-hydrogen) atoms. The van der Waals surface area contributed by atoms with Crippen LogP contribution in [0.3, 0.4) is 0 Å². The van der Waals surface area contributed by atoms with E-state index in [-0.39, 0.29) is 22.9 Å². The first-order valence-corrected chi connectivity index (χ1v) is 8.62. The summed E-state index contributed by atoms with van der Waals surface area (Å²) in [6.07, 6.45) is 3.80. The van der Waals surface area contributed by atoms with Gasteiger partial charge < -0.3 is 9.64 Å². The van der Waals surface area contributed by atoms with Crippen LogP contribution in [0.15, 0.2) is 36.5 Å². The molecule has 0 spiro atoms. The molecule has 1 aromatic carbocycles. The number of pyridine rings is 1. The van der Waals surface area contributed by atoms with Crippen molar-refractivity contribution >= 4 is 23.1 Å². The van der Waals surface area contributed by atoms with E-state index in [9.17, 15) is 18.0 Å². The minimum atomic E-state index is -3.09. The van der Waals surface area contributed by atoms with Crippen LogP contribution >= 0.6 is 11.6 Å². The maximum atomic E-state index is 14.6. The Morgan fingerprint density at radius 1 is 1.33 bits per heavy atom. The molecule has 0 saturated heterocycles. The van der Waals surface area contributed by atoms with Gasteiger partial charge in [-0.25, -0.2) is 4.39 Å². The average Bonchev–Trinajstić information content (AvgIpc) is 3.02. The molecule has 1 aliphatic carbocycles. The monoisotopic (exact) mass is 394 g/mol. The van der Waals surface area contributed by atoms with Gasteiger partial charge in [0.1, 0.15) is 11.6 Å². The fourth-order valence-corrected chi connectivity index (χ4v) is 3.95. The fraction of sp³-hybridized carbons (Fsp3) is 0.263. The molecule has 1 aliphatic heterocycles. The Kier molecular flexibility index (Phi) is 4.34. The number of hydrogen-bond acceptors (Lipinski definition) is 3. The number of halogens is 4. The summed E-state index contributed by atoms with van der Waals surface area (Å²) in [5, 5.41) is 0.466. The lowest BCUT2D eigenvalue weighted by Crippen LogP contribution is -2.34. The number of rotatable bonds is 3. The number of fused-ring (bicyclic) bond motifs is 4. The van der Waals surface area contributed by atoms with E-state index >= 15 is 0 Å². The van der Waals surface area contributed by atoms with Gasteiger partial charge in [-0.2, -0.15) is 8.78 Å². The molecule has 140 valence electrons. The zero-order valence-electron chi connectivity index (χ0n) is 14.1. The Morgan fingerprint density at radius 3 is 2.81 bits per heavy atom. The third-order valence-corrected chi connectivity index (χ3v) is 5.23. The standard InChI is InChI=1S/C19H14ClF3N2O2/c1-25-10-7-11(14-6-9(20)4-5-24-14)12(8-10)16-15(27-19(22)23)3-2-13(21)17(16)18(25)26/h2-7,10,12,19H,8H2,1H3. The number of amides is 1. The van der Waals surface area contributed by atoms with Gasteiger partial charge in [0, 0.05) is 29.7 Å². The summed E-state index contributed by atoms with van der Waals surface area (Å²) in [4.78, 5) is 18.5. The molecular weight excluding hydrogens is 381 g/mol. The summed E-state index contributed by atoms with van der Waals surface area (Å²) < 4.78 is 45.0. The second kappa shape index (κ2) is 6.56. The summed E-state index contributed by atoms with van der Waals surface area (Å²) in [7, 11) is 1.56. The average molecular weight is 395 g/mol. The van der Waals surface area contributed by atoms with Crippen LogP contribution in [0, 0.1) is 5.82 Å². The summed E-state index contributed by atoms with van der Waals surface area (Å²) in [6, 6.07) is 5.06. The zero-order chi connectivity index (χ0) is 19.3. The third kappa shape index (κ3) is 2.96. The topological polar surface area (TPSA) is 42.4 Å². The number of likely N-dealkylation sites (N-methyl/N-ethyl adjacent to an activating group) is 1. The molecule has 8 heteroatoms. The third-order valence-electron chi connectivity index (χ3n) is 4.99. The number of ether oxygens (including phenoxy) is 1. The van der Waals surface area contributed by atoms with E-state index in [1.54, 1.807) is 19.2 Å². The number of aromatic nitrogens is 1. The number of allylic oxidation sites excluding steroid dienone is 1. The first-order chi connectivity index (χ1) is 12.9. The molecule has 2 heterocycles. The molecule has 1 amide bonds. The highest BCUT2D eigenvalue weighted by atomic mass is 35.5. The molecular formula is C19H14ClF3N2O2. The normalized spacial score (nSPS) is 21.2. The van der Waals surface area contributed by atoms with Gasteiger partial charge in [0.2, 0.25) is 0 Å². The van der Waals surface area contributed by atoms with Gasteiger partial charge in [-0.1, -0.05) is 17.7 Å². The molecule has 2 aromatic rings. The van der Waals surface area contributed by atoms with Gasteiger partial charge in [0.05, 0.1) is 17.3 Å². The maximum Gasteiger partial charge on any atom is 0.387 e. The van der Waals surface area contributed by atoms with Gasteiger partial charge >= 0.3 is 6.61 Å². The lowest BCUT2D eigenvalue weighted by atomic mass is 9.86. The van der Waals surface area contributed by atoms with Crippen molar-refractivity contribution in [2.45, 2.75) is 25.0 Å². The second-order valence-corrected chi connectivity index (χ2v) is 6.90. The smallest absolute Gasteiger partial charge is 0.387 e. The minimum Gasteiger partial charge on any atom is -0.434 e. The maximum absolute atomic E-state index is 14.6. The van der Waals surface area contributed by atoms with Crippen molar-refractivity contribution in [3.8, 4) is 5.75 Å². The van der Waals surface area contributed by atoms with Crippen LogP contribution in [0.1, 0.15) is 34.0 Å². The first-order valence-electron chi connectivity index (χ1n) is 8.25. The largest absolute Gasteiger partial charge is 0.434 e. The van der Waals surface area contributed by atoms with Crippen LogP contribution in [0.5, 0.6) is 5.75 Å². The van der Waals surface area contributed by atoms with E-state index in [1.807, 2.05) is 6.08 Å². The van der Waals surface area contributed by atoms with Gasteiger partial charge in [0.25, 0.3) is 5.91 Å². The number of carbonyl (C=O) groups excluding carboxylic acids is 1. The zero-order valence-corrected chi connectivity index (χ0v) is 14.9. The van der Waals surface area contributed by atoms with E-state index in [0.717, 1.165) is 12.1 Å². The molecule has 0 radical (unpaired) electrons. The lowest BCUT2D eigenvalue weighted by molar-refractivity contribution is -0.0506. The molecule has 2 bridgehead atoms. The van der Waals surface area contributed by atoms with Crippen LogP contribution in [-0.2, 0) is 0 Å². The number of alkyl halides is 2. The number of benzene rings is 1. The van der Waals surface area contributed by atoms with Crippen molar-refractivity contribution in [3.63, 3.8) is 0 Å². The van der Waals surface area contributed by atoms with E-state index < -0.39 is 24.3 Å². The van der Waals surface area contributed by atoms with Crippen LogP contribution in [0.2, 0.25) is 5.02 Å². The van der Waals surface area contributed by atoms with E-state index in [4.69, 9.17) is 11.6 Å². The Labute approximate surface area is 158 Å². The summed E-state index contributed by atoms with van der Waals surface area (Å²) >= 11 is 6.06. The van der Waals surface area contributed by atoms with E-state index in [2.05, 4.69) is 9.72 Å². The van der Waals surface area contributed by atoms with E-state index in [0.29, 0.717) is 22.7 Å². The Bertz CT molecular complexity index is 964. The molecule has 0 N–H and O–H groups in total. The highest BCUT2D eigenvalue weighted by Gasteiger charge is 2.42. The van der Waals surface area contributed by atoms with Crippen molar-refractivity contribution < 1.29 is 22.7 Å². The molecule has 4 nitrogen and oxygen atoms in total. The molecule has 4 rings (SSSR count). The summed E-state index contributed by atoms with van der Waals surface area (Å²) in [6.45, 7) is -3.09. The summed E-state index contributed by atoms with van der Waals surface area (Å²) in [5.74, 6) is -2.06. The Balaban J connectivity index is 1.95. The molecule has 2 atom stereocenters. The fourth-order valence-electron chi connectivity index (χ4n) is 3.79. The van der Waals surface area contributed by atoms with Crippen molar-refractivity contribution in [1.29, 1.82) is 0 Å². The molecule has 2 aliphatic rings. The molecule has 0 saturated carbocycles. The number of nitrogens with zero attached hydrogens (tertiary/aromatic N) is 2. The van der Waals surface area contributed by atoms with Crippen LogP contribution < -0.4 is 4.74 Å². The van der Waals surface area contributed by atoms with Crippen molar-refractivity contribution in [2.24, 2.45) is 0 Å². The summed E-state index contributed by atoms with van der Waals surface area (Å²) in [5.41, 5.74) is 1.14. The lowest BCUT2D eigenvalue weighted by Gasteiger charge is -2.23. The Morgan fingerprint density at radius 2 is 2.11 bits per heavy atom. The first kappa shape index (κ1) is 17.9. The van der Waals surface area contributed by atoms with E-state index in [1.165, 1.54) is 11.1 Å². The quantitative estimate of drug-likeness (QED) is 0.769. The second-order valence-electron chi connectivity index (χ2n) is 6.47. The Hall–Kier alpha value is -2.54. The SMILES string of the molecule is CN1C(=O)c2c(F)ccc(OC(F)F)c2C2CC1C=C2c1cc(Cl)ccn1. The van der Waals surface area contributed by atoms with Gasteiger partial charge in [-0.3, -0.25) is 9.78 Å². The number of carbonyl (C=O) groups is 1. The van der Waals surface area contributed by atoms with Crippen molar-refractivity contribution in [2.75, 3.05) is 7.05 Å². The van der Waals surface area contributed by atoms with Crippen molar-refractivity contribution in [1.82, 2.24) is 9.88 Å². The van der Waals surface area contributed by atoms with Gasteiger partial charge in [-0.15, -0.1) is 0 Å². The van der Waals surface area contributed by atoms with Crippen LogP contribution in [0.25, 0.3) is 5.57 Å². The molecule has 1 aromatic heterocycles. The van der Waals surface area contributed by atoms with Gasteiger partial charge in [-0.05, 0) is 36.3 Å². The predicted molar refractivity (Wildman–Crippen MR) is 93.5 cm³/mol. The number of hydrogen-bond donors (Lipinski definition) is 0. The van der Waals surface area contributed by atoms with Crippen LogP contribution in [-0.4, -0.2) is 35.5 Å².